The van der Waals surface area contributed by atoms with Gasteiger partial charge in [0, 0.05) is 23.2 Å². The highest BCUT2D eigenvalue weighted by atomic mass is 35.5. The van der Waals surface area contributed by atoms with Crippen LogP contribution < -0.4 is 0 Å². The van der Waals surface area contributed by atoms with Crippen LogP contribution in [0.25, 0.3) is 10.8 Å². The summed E-state index contributed by atoms with van der Waals surface area (Å²) in [5.74, 6) is 5.75. The van der Waals surface area contributed by atoms with Crippen molar-refractivity contribution in [2.45, 2.75) is 6.92 Å². The zero-order chi connectivity index (χ0) is 9.97. The quantitative estimate of drug-likeness (QED) is 0.485. The second-order valence-electron chi connectivity index (χ2n) is 2.76. The fourth-order valence-corrected chi connectivity index (χ4v) is 1.42. The highest BCUT2D eigenvalue weighted by Crippen LogP contribution is 2.18. The number of hydrogen-bond acceptors (Lipinski definition) is 2. The molecule has 2 nitrogen and oxygen atoms in total. The van der Waals surface area contributed by atoms with Gasteiger partial charge in [-0.1, -0.05) is 17.5 Å². The Kier molecular flexibility index (Phi) is 2.34. The van der Waals surface area contributed by atoms with Gasteiger partial charge in [-0.3, -0.25) is 0 Å². The molecule has 0 saturated heterocycles. The maximum Gasteiger partial charge on any atom is 0.129 e. The van der Waals surface area contributed by atoms with Crippen molar-refractivity contribution in [3.05, 3.63) is 35.4 Å². The number of pyridine rings is 2. The minimum Gasteiger partial charge on any atom is -0.247 e. The number of rotatable bonds is 0. The van der Waals surface area contributed by atoms with Crippen molar-refractivity contribution in [3.63, 3.8) is 0 Å². The third-order valence-corrected chi connectivity index (χ3v) is 2.06. The Labute approximate surface area is 86.9 Å². The van der Waals surface area contributed by atoms with Gasteiger partial charge in [-0.2, -0.15) is 0 Å². The van der Waals surface area contributed by atoms with Crippen LogP contribution in [0.2, 0.25) is 5.15 Å². The molecule has 2 heterocycles. The van der Waals surface area contributed by atoms with Crippen LogP contribution in [-0.2, 0) is 0 Å². The summed E-state index contributed by atoms with van der Waals surface area (Å²) in [6.07, 6.45) is 3.44. The zero-order valence-electron chi connectivity index (χ0n) is 7.58. The van der Waals surface area contributed by atoms with Crippen molar-refractivity contribution in [1.82, 2.24) is 9.97 Å². The van der Waals surface area contributed by atoms with Crippen molar-refractivity contribution in [2.24, 2.45) is 0 Å². The van der Waals surface area contributed by atoms with Crippen LogP contribution in [0.5, 0.6) is 0 Å². The third kappa shape index (κ3) is 1.55. The highest BCUT2D eigenvalue weighted by molar-refractivity contribution is 6.30. The van der Waals surface area contributed by atoms with Crippen molar-refractivity contribution >= 4 is 22.4 Å². The van der Waals surface area contributed by atoms with E-state index in [1.54, 1.807) is 25.4 Å². The molecule has 0 N–H and O–H groups in total. The molecule has 0 amide bonds. The first-order valence-corrected chi connectivity index (χ1v) is 4.52. The van der Waals surface area contributed by atoms with Crippen molar-refractivity contribution in [2.75, 3.05) is 0 Å². The lowest BCUT2D eigenvalue weighted by Crippen LogP contribution is -1.86. The lowest BCUT2D eigenvalue weighted by atomic mass is 10.2. The van der Waals surface area contributed by atoms with Crippen LogP contribution >= 0.6 is 11.6 Å². The Balaban J connectivity index is 2.81. The predicted octanol–water partition coefficient (Wildman–Crippen LogP) is 2.65. The van der Waals surface area contributed by atoms with Gasteiger partial charge in [-0.05, 0) is 25.0 Å². The fraction of sp³-hybridized carbons (Fsp3) is 0.0909. The van der Waals surface area contributed by atoms with Gasteiger partial charge in [0.15, 0.2) is 0 Å². The molecule has 0 aliphatic carbocycles. The van der Waals surface area contributed by atoms with Gasteiger partial charge in [-0.15, -0.1) is 0 Å². The zero-order valence-corrected chi connectivity index (χ0v) is 8.34. The van der Waals surface area contributed by atoms with E-state index >= 15 is 0 Å². The number of nitrogens with zero attached hydrogens (tertiary/aromatic N) is 2. The summed E-state index contributed by atoms with van der Waals surface area (Å²) in [6.45, 7) is 1.78. The molecule has 0 bridgehead atoms. The lowest BCUT2D eigenvalue weighted by Gasteiger charge is -1.99. The Morgan fingerprint density at radius 3 is 3.00 bits per heavy atom. The molecule has 0 unspecified atom stereocenters. The van der Waals surface area contributed by atoms with Crippen LogP contribution in [0.3, 0.4) is 0 Å². The molecule has 68 valence electrons. The number of hydrogen-bond donors (Lipinski definition) is 0. The van der Waals surface area contributed by atoms with Crippen LogP contribution in [-0.4, -0.2) is 9.97 Å². The standard InChI is InChI=1S/C11H7ClN2/c1-2-3-10-9-6-11(12)14-7-8(9)4-5-13-10/h4-7H,1H3. The average molecular weight is 203 g/mol. The SMILES string of the molecule is CC#Cc1nccc2cnc(Cl)cc12. The van der Waals surface area contributed by atoms with Gasteiger partial charge in [0.25, 0.3) is 0 Å². The number of halogens is 1. The van der Waals surface area contributed by atoms with Gasteiger partial charge in [0.2, 0.25) is 0 Å². The Hall–Kier alpha value is -1.59. The molecule has 14 heavy (non-hydrogen) atoms. The minimum atomic E-state index is 0.463. The van der Waals surface area contributed by atoms with E-state index in [1.807, 2.05) is 6.07 Å². The number of fused-ring (bicyclic) bond motifs is 1. The third-order valence-electron chi connectivity index (χ3n) is 1.86. The minimum absolute atomic E-state index is 0.463. The second-order valence-corrected chi connectivity index (χ2v) is 3.15. The van der Waals surface area contributed by atoms with Crippen molar-refractivity contribution in [3.8, 4) is 11.8 Å². The van der Waals surface area contributed by atoms with E-state index in [1.165, 1.54) is 0 Å². The summed E-state index contributed by atoms with van der Waals surface area (Å²) in [7, 11) is 0. The lowest BCUT2D eigenvalue weighted by molar-refractivity contribution is 1.30. The van der Waals surface area contributed by atoms with Gasteiger partial charge in [0.1, 0.15) is 10.8 Å². The van der Waals surface area contributed by atoms with Crippen LogP contribution in [0.1, 0.15) is 12.6 Å². The maximum atomic E-state index is 5.80. The molecule has 0 aliphatic rings. The van der Waals surface area contributed by atoms with Crippen molar-refractivity contribution in [1.29, 1.82) is 0 Å². The summed E-state index contributed by atoms with van der Waals surface area (Å²) >= 11 is 5.80. The molecule has 0 aliphatic heterocycles. The smallest absolute Gasteiger partial charge is 0.129 e. The molecule has 0 spiro atoms. The largest absolute Gasteiger partial charge is 0.247 e. The molecule has 0 aromatic carbocycles. The van der Waals surface area contributed by atoms with E-state index in [9.17, 15) is 0 Å². The summed E-state index contributed by atoms with van der Waals surface area (Å²) in [5.41, 5.74) is 0.745. The topological polar surface area (TPSA) is 25.8 Å². The maximum absolute atomic E-state index is 5.80. The van der Waals surface area contributed by atoms with Crippen LogP contribution in [0.4, 0.5) is 0 Å². The van der Waals surface area contributed by atoms with E-state index in [4.69, 9.17) is 11.6 Å². The molecule has 2 rings (SSSR count). The molecule has 0 fully saturated rings. The first-order chi connectivity index (χ1) is 6.81. The fourth-order valence-electron chi connectivity index (χ4n) is 1.26. The summed E-state index contributed by atoms with van der Waals surface area (Å²) in [4.78, 5) is 8.18. The Morgan fingerprint density at radius 1 is 1.36 bits per heavy atom. The molecular weight excluding hydrogens is 196 g/mol. The summed E-state index contributed by atoms with van der Waals surface area (Å²) in [5, 5.41) is 2.41. The monoisotopic (exact) mass is 202 g/mol. The van der Waals surface area contributed by atoms with E-state index < -0.39 is 0 Å². The van der Waals surface area contributed by atoms with E-state index in [0.29, 0.717) is 5.15 Å². The van der Waals surface area contributed by atoms with Crippen molar-refractivity contribution < 1.29 is 0 Å². The van der Waals surface area contributed by atoms with Gasteiger partial charge < -0.3 is 0 Å². The van der Waals surface area contributed by atoms with Gasteiger partial charge in [-0.25, -0.2) is 9.97 Å². The molecule has 0 saturated carbocycles. The van der Waals surface area contributed by atoms with E-state index in [-0.39, 0.29) is 0 Å². The Bertz CT molecular complexity index is 538. The van der Waals surface area contributed by atoms with Gasteiger partial charge in [0.05, 0.1) is 0 Å². The first kappa shape index (κ1) is 8.98. The summed E-state index contributed by atoms with van der Waals surface area (Å²) < 4.78 is 0. The molecule has 0 radical (unpaired) electrons. The molecular formula is C11H7ClN2. The average Bonchev–Trinajstić information content (AvgIpc) is 2.19. The van der Waals surface area contributed by atoms with Crippen LogP contribution in [0, 0.1) is 11.8 Å². The Morgan fingerprint density at radius 2 is 2.21 bits per heavy atom. The van der Waals surface area contributed by atoms with E-state index in [2.05, 4.69) is 21.8 Å². The molecule has 2 aromatic rings. The molecule has 0 atom stereocenters. The summed E-state index contributed by atoms with van der Waals surface area (Å²) in [6, 6.07) is 3.67. The number of aromatic nitrogens is 2. The molecule has 2 aromatic heterocycles. The van der Waals surface area contributed by atoms with Crippen LogP contribution in [0.15, 0.2) is 24.5 Å². The highest BCUT2D eigenvalue weighted by Gasteiger charge is 2.00. The van der Waals surface area contributed by atoms with E-state index in [0.717, 1.165) is 16.5 Å². The predicted molar refractivity (Wildman–Crippen MR) is 57.1 cm³/mol. The normalized spacial score (nSPS) is 9.57. The van der Waals surface area contributed by atoms with Gasteiger partial charge >= 0.3 is 0 Å². The first-order valence-electron chi connectivity index (χ1n) is 4.14. The molecule has 3 heteroatoms. The second kappa shape index (κ2) is 3.65.